The molecule has 174 valence electrons. The number of carbonyl (C=O) groups excluding carboxylic acids is 3. The third-order valence-electron chi connectivity index (χ3n) is 5.40. The number of nitro groups is 1. The molecule has 12 heteroatoms. The SMILES string of the molecule is Cc1ccc(-c2ccc(/C=C3/SC(=S)N(N4C(=O)c5cccc([N+](=O)[O-])c5C4=O)C3=O)o2)cc1Cl. The highest BCUT2D eigenvalue weighted by Crippen LogP contribution is 2.39. The van der Waals surface area contributed by atoms with Crippen molar-refractivity contribution in [3.63, 3.8) is 0 Å². The molecule has 1 aromatic heterocycles. The second-order valence-corrected chi connectivity index (χ2v) is 9.62. The molecule has 2 aliphatic rings. The van der Waals surface area contributed by atoms with Gasteiger partial charge in [-0.05, 0) is 49.0 Å². The maximum atomic E-state index is 13.1. The zero-order valence-corrected chi connectivity index (χ0v) is 20.1. The molecular formula is C23H12ClN3O6S2. The van der Waals surface area contributed by atoms with E-state index in [1.165, 1.54) is 18.2 Å². The quantitative estimate of drug-likeness (QED) is 0.149. The Labute approximate surface area is 212 Å². The van der Waals surface area contributed by atoms with Gasteiger partial charge in [0.25, 0.3) is 23.4 Å². The van der Waals surface area contributed by atoms with Crippen LogP contribution in [0.2, 0.25) is 5.02 Å². The number of thiocarbonyl (C=S) groups is 1. The number of furan rings is 1. The molecule has 2 aromatic carbocycles. The Hall–Kier alpha value is -3.80. The lowest BCUT2D eigenvalue weighted by Gasteiger charge is -2.23. The van der Waals surface area contributed by atoms with E-state index in [0.29, 0.717) is 21.6 Å². The van der Waals surface area contributed by atoms with Gasteiger partial charge in [0.15, 0.2) is 4.32 Å². The zero-order valence-electron chi connectivity index (χ0n) is 17.7. The highest BCUT2D eigenvalue weighted by atomic mass is 35.5. The van der Waals surface area contributed by atoms with Crippen LogP contribution in [-0.2, 0) is 4.79 Å². The van der Waals surface area contributed by atoms with Crippen molar-refractivity contribution in [2.24, 2.45) is 0 Å². The first kappa shape index (κ1) is 23.0. The molecule has 0 radical (unpaired) electrons. The van der Waals surface area contributed by atoms with Gasteiger partial charge in [0.2, 0.25) is 0 Å². The molecule has 0 unspecified atom stereocenters. The number of carbonyl (C=O) groups is 3. The average molecular weight is 526 g/mol. The molecule has 3 heterocycles. The number of aryl methyl sites for hydroxylation is 1. The largest absolute Gasteiger partial charge is 0.457 e. The Morgan fingerprint density at radius 3 is 2.54 bits per heavy atom. The first-order valence-electron chi connectivity index (χ1n) is 9.98. The van der Waals surface area contributed by atoms with Gasteiger partial charge in [0.1, 0.15) is 17.1 Å². The van der Waals surface area contributed by atoms with Gasteiger partial charge >= 0.3 is 0 Å². The molecule has 5 rings (SSSR count). The van der Waals surface area contributed by atoms with Gasteiger partial charge in [-0.15, -0.1) is 0 Å². The standard InChI is InChI=1S/C23H12ClN3O6S2/c1-11-5-6-12(9-15(11)24)17-8-7-13(33-17)10-18-21(29)26(23(34)35-18)25-20(28)14-3-2-4-16(27(31)32)19(14)22(25)30/h2-10H,1H3/b18-10+. The maximum absolute atomic E-state index is 13.1. The van der Waals surface area contributed by atoms with Gasteiger partial charge in [-0.1, -0.05) is 41.6 Å². The minimum atomic E-state index is -0.994. The lowest BCUT2D eigenvalue weighted by molar-refractivity contribution is -0.385. The highest BCUT2D eigenvalue weighted by Gasteiger charge is 2.49. The molecule has 9 nitrogen and oxygen atoms in total. The summed E-state index contributed by atoms with van der Waals surface area (Å²) in [6.07, 6.45) is 1.44. The van der Waals surface area contributed by atoms with Crippen molar-refractivity contribution in [2.75, 3.05) is 0 Å². The summed E-state index contributed by atoms with van der Waals surface area (Å²) in [5, 5.41) is 13.2. The third kappa shape index (κ3) is 3.73. The molecule has 0 aliphatic carbocycles. The van der Waals surface area contributed by atoms with Crippen LogP contribution in [0.1, 0.15) is 32.0 Å². The van der Waals surface area contributed by atoms with Crippen molar-refractivity contribution in [1.29, 1.82) is 0 Å². The summed E-state index contributed by atoms with van der Waals surface area (Å²) >= 11 is 12.3. The van der Waals surface area contributed by atoms with Gasteiger partial charge in [0, 0.05) is 22.7 Å². The van der Waals surface area contributed by atoms with Gasteiger partial charge < -0.3 is 4.42 Å². The van der Waals surface area contributed by atoms with Crippen LogP contribution in [0.25, 0.3) is 17.4 Å². The summed E-state index contributed by atoms with van der Waals surface area (Å²) in [6, 6.07) is 12.6. The summed E-state index contributed by atoms with van der Waals surface area (Å²) in [4.78, 5) is 49.7. The fraction of sp³-hybridized carbons (Fsp3) is 0.0435. The highest BCUT2D eigenvalue weighted by molar-refractivity contribution is 8.26. The van der Waals surface area contributed by atoms with E-state index in [9.17, 15) is 24.5 Å². The summed E-state index contributed by atoms with van der Waals surface area (Å²) < 4.78 is 5.75. The average Bonchev–Trinajstić information content (AvgIpc) is 3.47. The van der Waals surface area contributed by atoms with Crippen molar-refractivity contribution in [3.05, 3.63) is 91.0 Å². The van der Waals surface area contributed by atoms with Crippen LogP contribution in [0, 0.1) is 17.0 Å². The minimum absolute atomic E-state index is 0.0736. The Kier molecular flexibility index (Phi) is 5.55. The topological polar surface area (TPSA) is 114 Å². The number of nitro benzene ring substituents is 1. The van der Waals surface area contributed by atoms with E-state index in [2.05, 4.69) is 0 Å². The number of fused-ring (bicyclic) bond motifs is 1. The molecule has 0 spiro atoms. The first-order valence-corrected chi connectivity index (χ1v) is 11.6. The lowest BCUT2D eigenvalue weighted by Crippen LogP contribution is -2.48. The number of hydrogen-bond acceptors (Lipinski definition) is 8. The van der Waals surface area contributed by atoms with E-state index in [-0.39, 0.29) is 20.4 Å². The summed E-state index contributed by atoms with van der Waals surface area (Å²) in [6.45, 7) is 1.88. The van der Waals surface area contributed by atoms with Crippen LogP contribution < -0.4 is 0 Å². The number of halogens is 1. The number of rotatable bonds is 4. The van der Waals surface area contributed by atoms with Crippen LogP contribution in [0.15, 0.2) is 57.9 Å². The molecule has 0 N–H and O–H groups in total. The van der Waals surface area contributed by atoms with Gasteiger partial charge in [-0.2, -0.15) is 10.0 Å². The van der Waals surface area contributed by atoms with E-state index in [1.54, 1.807) is 18.2 Å². The summed E-state index contributed by atoms with van der Waals surface area (Å²) in [7, 11) is 0. The van der Waals surface area contributed by atoms with Crippen molar-refractivity contribution in [1.82, 2.24) is 10.0 Å². The lowest BCUT2D eigenvalue weighted by atomic mass is 10.1. The predicted molar refractivity (Wildman–Crippen MR) is 132 cm³/mol. The zero-order chi connectivity index (χ0) is 25.0. The second kappa shape index (κ2) is 8.45. The smallest absolute Gasteiger partial charge is 0.288 e. The number of amides is 3. The minimum Gasteiger partial charge on any atom is -0.457 e. The Morgan fingerprint density at radius 2 is 1.83 bits per heavy atom. The number of hydrogen-bond donors (Lipinski definition) is 0. The molecule has 3 amide bonds. The normalized spacial score (nSPS) is 16.6. The summed E-state index contributed by atoms with van der Waals surface area (Å²) in [5.41, 5.74) is 0.594. The number of thioether (sulfide) groups is 1. The van der Waals surface area contributed by atoms with E-state index in [1.807, 2.05) is 19.1 Å². The van der Waals surface area contributed by atoms with Crippen molar-refractivity contribution in [2.45, 2.75) is 6.92 Å². The third-order valence-corrected chi connectivity index (χ3v) is 7.09. The molecule has 2 aliphatic heterocycles. The van der Waals surface area contributed by atoms with Gasteiger partial charge in [-0.3, -0.25) is 24.5 Å². The van der Waals surface area contributed by atoms with Crippen LogP contribution in [0.3, 0.4) is 0 Å². The second-order valence-electron chi connectivity index (χ2n) is 7.54. The van der Waals surface area contributed by atoms with E-state index in [4.69, 9.17) is 28.2 Å². The van der Waals surface area contributed by atoms with Crippen molar-refractivity contribution in [3.8, 4) is 11.3 Å². The number of hydrazine groups is 1. The number of benzene rings is 2. The Morgan fingerprint density at radius 1 is 1.06 bits per heavy atom. The molecular weight excluding hydrogens is 514 g/mol. The molecule has 0 bridgehead atoms. The Balaban J connectivity index is 1.44. The molecule has 35 heavy (non-hydrogen) atoms. The van der Waals surface area contributed by atoms with E-state index < -0.39 is 28.3 Å². The molecule has 0 atom stereocenters. The van der Waals surface area contributed by atoms with Gasteiger partial charge in [0.05, 0.1) is 15.4 Å². The number of nitrogens with zero attached hydrogens (tertiary/aromatic N) is 3. The van der Waals surface area contributed by atoms with Crippen molar-refractivity contribution < 1.29 is 23.7 Å². The van der Waals surface area contributed by atoms with Gasteiger partial charge in [-0.25, -0.2) is 0 Å². The van der Waals surface area contributed by atoms with E-state index in [0.717, 1.165) is 34.0 Å². The van der Waals surface area contributed by atoms with Crippen LogP contribution in [-0.4, -0.2) is 37.0 Å². The van der Waals surface area contributed by atoms with Crippen molar-refractivity contribution >= 4 is 69.4 Å². The fourth-order valence-corrected chi connectivity index (χ4v) is 5.08. The molecule has 3 aromatic rings. The number of imide groups is 1. The predicted octanol–water partition coefficient (Wildman–Crippen LogP) is 5.23. The molecule has 0 saturated carbocycles. The summed E-state index contributed by atoms with van der Waals surface area (Å²) in [5.74, 6) is -1.72. The first-order chi connectivity index (χ1) is 16.7. The van der Waals surface area contributed by atoms with Crippen LogP contribution >= 0.6 is 35.6 Å². The fourth-order valence-electron chi connectivity index (χ4n) is 3.68. The Bertz CT molecular complexity index is 1530. The van der Waals surface area contributed by atoms with Crippen LogP contribution in [0.5, 0.6) is 0 Å². The maximum Gasteiger partial charge on any atom is 0.288 e. The van der Waals surface area contributed by atoms with Crippen LogP contribution in [0.4, 0.5) is 5.69 Å². The molecule has 1 saturated heterocycles. The van der Waals surface area contributed by atoms with E-state index >= 15 is 0 Å². The monoisotopic (exact) mass is 525 g/mol. The molecule has 1 fully saturated rings.